The van der Waals surface area contributed by atoms with Crippen LogP contribution in [0.15, 0.2) is 12.1 Å². The summed E-state index contributed by atoms with van der Waals surface area (Å²) in [5.74, 6) is -0.759. The van der Waals surface area contributed by atoms with Crippen molar-refractivity contribution in [2.45, 2.75) is 11.2 Å². The summed E-state index contributed by atoms with van der Waals surface area (Å²) in [5, 5.41) is 24.9. The van der Waals surface area contributed by atoms with Crippen molar-refractivity contribution in [2.24, 2.45) is 5.73 Å². The lowest BCUT2D eigenvalue weighted by atomic mass is 10.0. The van der Waals surface area contributed by atoms with Crippen LogP contribution < -0.4 is 11.1 Å². The van der Waals surface area contributed by atoms with Crippen LogP contribution in [0.3, 0.4) is 0 Å². The summed E-state index contributed by atoms with van der Waals surface area (Å²) < 4.78 is 26.4. The van der Waals surface area contributed by atoms with Gasteiger partial charge in [0.2, 0.25) is 5.91 Å². The number of amides is 1. The Hall–Kier alpha value is -2.32. The van der Waals surface area contributed by atoms with Gasteiger partial charge in [-0.2, -0.15) is 8.42 Å². The molecule has 0 aliphatic rings. The molecule has 0 fully saturated rings. The first kappa shape index (κ1) is 21.7. The number of non-ortho nitro benzene ring substituents is 1. The zero-order valence-electron chi connectivity index (χ0n) is 13.4. The maximum Gasteiger partial charge on any atom is 0.299 e. The number of anilines is 1. The SMILES string of the molecule is CS(=O)(=O)OCCNc1c(CC(Br)C(N)=O)cc([N+](=O)[O-])cc1[N+](=O)[O-]. The van der Waals surface area contributed by atoms with Gasteiger partial charge in [-0.25, -0.2) is 0 Å². The van der Waals surface area contributed by atoms with Crippen LogP contribution in [-0.4, -0.2) is 48.4 Å². The molecule has 0 aromatic heterocycles. The van der Waals surface area contributed by atoms with Crippen molar-refractivity contribution in [2.75, 3.05) is 24.7 Å². The first-order valence-electron chi connectivity index (χ1n) is 6.89. The van der Waals surface area contributed by atoms with Crippen LogP contribution in [0.4, 0.5) is 17.1 Å². The number of nitrogens with one attached hydrogen (secondary N) is 1. The number of carbonyl (C=O) groups is 1. The Morgan fingerprint density at radius 1 is 1.35 bits per heavy atom. The van der Waals surface area contributed by atoms with E-state index in [0.717, 1.165) is 18.4 Å². The third-order valence-corrected chi connectivity index (χ3v) is 4.37. The third-order valence-electron chi connectivity index (χ3n) is 3.00. The maximum absolute atomic E-state index is 11.3. The Morgan fingerprint density at radius 2 is 1.96 bits per heavy atom. The van der Waals surface area contributed by atoms with E-state index in [1.54, 1.807) is 0 Å². The highest BCUT2D eigenvalue weighted by Crippen LogP contribution is 2.34. The molecule has 0 aliphatic heterocycles. The number of nitrogens with zero attached hydrogens (tertiary/aromatic N) is 2. The van der Waals surface area contributed by atoms with E-state index in [4.69, 9.17) is 5.73 Å². The van der Waals surface area contributed by atoms with E-state index in [-0.39, 0.29) is 30.8 Å². The minimum Gasteiger partial charge on any atom is -0.377 e. The van der Waals surface area contributed by atoms with E-state index in [9.17, 15) is 33.4 Å². The molecule has 1 amide bonds. The van der Waals surface area contributed by atoms with E-state index in [2.05, 4.69) is 25.4 Å². The monoisotopic (exact) mass is 454 g/mol. The highest BCUT2D eigenvalue weighted by atomic mass is 79.9. The average Bonchev–Trinajstić information content (AvgIpc) is 2.50. The summed E-state index contributed by atoms with van der Waals surface area (Å²) in [6, 6.07) is 1.83. The number of hydrogen-bond donors (Lipinski definition) is 2. The van der Waals surface area contributed by atoms with Gasteiger partial charge in [-0.1, -0.05) is 15.9 Å². The highest BCUT2D eigenvalue weighted by Gasteiger charge is 2.26. The summed E-state index contributed by atoms with van der Waals surface area (Å²) in [6.07, 6.45) is 0.683. The first-order chi connectivity index (χ1) is 11.9. The molecule has 0 spiro atoms. The van der Waals surface area contributed by atoms with E-state index in [0.29, 0.717) is 0 Å². The molecular weight excluding hydrogens is 440 g/mol. The Bertz CT molecular complexity index is 829. The number of hydrogen-bond acceptors (Lipinski definition) is 9. The molecule has 0 heterocycles. The summed E-state index contributed by atoms with van der Waals surface area (Å²) in [5.41, 5.74) is 4.00. The molecular formula is C12H15BrN4O8S. The van der Waals surface area contributed by atoms with Gasteiger partial charge in [-0.15, -0.1) is 0 Å². The molecule has 0 radical (unpaired) electrons. The molecule has 1 rings (SSSR count). The fraction of sp³-hybridized carbons (Fsp3) is 0.417. The van der Waals surface area contributed by atoms with Crippen LogP contribution in [0, 0.1) is 20.2 Å². The number of halogens is 1. The summed E-state index contributed by atoms with van der Waals surface area (Å²) in [6.45, 7) is -0.456. The van der Waals surface area contributed by atoms with Gasteiger partial charge in [0.05, 0.1) is 33.6 Å². The normalized spacial score (nSPS) is 12.4. The molecule has 1 atom stereocenters. The van der Waals surface area contributed by atoms with E-state index >= 15 is 0 Å². The predicted octanol–water partition coefficient (Wildman–Crippen LogP) is 0.682. The van der Waals surface area contributed by atoms with Gasteiger partial charge in [0.15, 0.2) is 0 Å². The van der Waals surface area contributed by atoms with Crippen LogP contribution in [0.25, 0.3) is 0 Å². The molecule has 14 heteroatoms. The van der Waals surface area contributed by atoms with Gasteiger partial charge in [-0.3, -0.25) is 29.2 Å². The predicted molar refractivity (Wildman–Crippen MR) is 94.6 cm³/mol. The molecule has 12 nitrogen and oxygen atoms in total. The fourth-order valence-corrected chi connectivity index (χ4v) is 2.68. The second-order valence-corrected chi connectivity index (χ2v) is 7.79. The van der Waals surface area contributed by atoms with Crippen LogP contribution >= 0.6 is 15.9 Å². The lowest BCUT2D eigenvalue weighted by Gasteiger charge is -2.14. The van der Waals surface area contributed by atoms with E-state index in [1.165, 1.54) is 0 Å². The van der Waals surface area contributed by atoms with Crippen molar-refractivity contribution in [3.8, 4) is 0 Å². The molecule has 26 heavy (non-hydrogen) atoms. The fourth-order valence-electron chi connectivity index (χ4n) is 1.95. The Balaban J connectivity index is 3.25. The molecule has 3 N–H and O–H groups in total. The number of rotatable bonds is 10. The zero-order chi connectivity index (χ0) is 20.1. The molecule has 0 saturated carbocycles. The number of primary amides is 1. The zero-order valence-corrected chi connectivity index (χ0v) is 15.8. The van der Waals surface area contributed by atoms with Crippen LogP contribution in [0.2, 0.25) is 0 Å². The first-order valence-corrected chi connectivity index (χ1v) is 9.63. The lowest BCUT2D eigenvalue weighted by Crippen LogP contribution is -2.25. The van der Waals surface area contributed by atoms with Gasteiger partial charge in [0.1, 0.15) is 5.69 Å². The van der Waals surface area contributed by atoms with Crippen LogP contribution in [-0.2, 0) is 25.5 Å². The second-order valence-electron chi connectivity index (χ2n) is 5.04. The smallest absolute Gasteiger partial charge is 0.299 e. The molecule has 0 saturated heterocycles. The van der Waals surface area contributed by atoms with Crippen molar-refractivity contribution < 1.29 is 27.2 Å². The van der Waals surface area contributed by atoms with Crippen LogP contribution in [0.5, 0.6) is 0 Å². The topological polar surface area (TPSA) is 185 Å². The largest absolute Gasteiger partial charge is 0.377 e. The van der Waals surface area contributed by atoms with Crippen molar-refractivity contribution in [1.29, 1.82) is 0 Å². The number of nitro groups is 2. The quantitative estimate of drug-likeness (QED) is 0.168. The summed E-state index contributed by atoms with van der Waals surface area (Å²) >= 11 is 3.00. The van der Waals surface area contributed by atoms with Gasteiger partial charge < -0.3 is 11.1 Å². The standard InChI is InChI=1S/C12H15BrN4O8S/c1-26(23,24)25-3-2-15-11-7(5-9(13)12(14)18)4-8(16(19)20)6-10(11)17(21)22/h4,6,9,15H,2-3,5H2,1H3,(H2,14,18). The summed E-state index contributed by atoms with van der Waals surface area (Å²) in [4.78, 5) is 30.9. The summed E-state index contributed by atoms with van der Waals surface area (Å²) in [7, 11) is -3.70. The molecule has 0 aliphatic carbocycles. The van der Waals surface area contributed by atoms with Gasteiger partial charge in [0.25, 0.3) is 21.5 Å². The third kappa shape index (κ3) is 6.53. The van der Waals surface area contributed by atoms with E-state index in [1.807, 2.05) is 0 Å². The second kappa shape index (κ2) is 8.86. The minimum absolute atomic E-state index is 0.0888. The maximum atomic E-state index is 11.3. The lowest BCUT2D eigenvalue weighted by molar-refractivity contribution is -0.393. The van der Waals surface area contributed by atoms with Crippen molar-refractivity contribution in [3.63, 3.8) is 0 Å². The number of carbonyl (C=O) groups excluding carboxylic acids is 1. The molecule has 144 valence electrons. The minimum atomic E-state index is -3.70. The van der Waals surface area contributed by atoms with Gasteiger partial charge >= 0.3 is 0 Å². The number of alkyl halides is 1. The van der Waals surface area contributed by atoms with Crippen LogP contribution in [0.1, 0.15) is 5.56 Å². The molecule has 1 aromatic rings. The molecule has 0 bridgehead atoms. The van der Waals surface area contributed by atoms with E-state index < -0.39 is 42.1 Å². The van der Waals surface area contributed by atoms with Crippen molar-refractivity contribution in [3.05, 3.63) is 37.9 Å². The van der Waals surface area contributed by atoms with Crippen molar-refractivity contribution in [1.82, 2.24) is 0 Å². The number of benzene rings is 1. The Kier molecular flexibility index (Phi) is 7.41. The van der Waals surface area contributed by atoms with Gasteiger partial charge in [0, 0.05) is 12.6 Å². The molecule has 1 aromatic carbocycles. The Morgan fingerprint density at radius 3 is 2.42 bits per heavy atom. The Labute approximate surface area is 156 Å². The highest BCUT2D eigenvalue weighted by molar-refractivity contribution is 9.10. The number of nitro benzene ring substituents is 2. The van der Waals surface area contributed by atoms with Gasteiger partial charge in [-0.05, 0) is 12.0 Å². The molecule has 1 unspecified atom stereocenters. The van der Waals surface area contributed by atoms with Crippen molar-refractivity contribution >= 4 is 49.0 Å². The number of nitrogens with two attached hydrogens (primary N) is 1. The average molecular weight is 455 g/mol.